The smallest absolute Gasteiger partial charge is 0.0471 e. The topological polar surface area (TPSA) is 32.3 Å². The van der Waals surface area contributed by atoms with Crippen LogP contribution in [0.1, 0.15) is 20.3 Å². The van der Waals surface area contributed by atoms with Crippen molar-refractivity contribution >= 4 is 0 Å². The van der Waals surface area contributed by atoms with Crippen molar-refractivity contribution in [1.29, 1.82) is 0 Å². The Morgan fingerprint density at radius 2 is 2.33 bits per heavy atom. The Kier molecular flexibility index (Phi) is 3.76. The van der Waals surface area contributed by atoms with E-state index in [0.717, 1.165) is 19.5 Å². The van der Waals surface area contributed by atoms with E-state index in [1.807, 2.05) is 0 Å². The predicted molar refractivity (Wildman–Crippen MR) is 51.0 cm³/mol. The van der Waals surface area contributed by atoms with Gasteiger partial charge in [-0.05, 0) is 32.1 Å². The largest absolute Gasteiger partial charge is 0.396 e. The first-order chi connectivity index (χ1) is 5.77. The van der Waals surface area contributed by atoms with Crippen molar-refractivity contribution in [1.82, 2.24) is 5.32 Å². The maximum absolute atomic E-state index is 9.00. The minimum Gasteiger partial charge on any atom is -0.396 e. The van der Waals surface area contributed by atoms with Crippen molar-refractivity contribution < 1.29 is 5.11 Å². The Balaban J connectivity index is 2.45. The van der Waals surface area contributed by atoms with Crippen molar-refractivity contribution in [3.63, 3.8) is 0 Å². The van der Waals surface area contributed by atoms with Gasteiger partial charge in [-0.2, -0.15) is 0 Å². The van der Waals surface area contributed by atoms with Gasteiger partial charge in [-0.1, -0.05) is 11.6 Å². The molecule has 0 radical (unpaired) electrons. The van der Waals surface area contributed by atoms with Gasteiger partial charge < -0.3 is 10.4 Å². The van der Waals surface area contributed by atoms with E-state index in [9.17, 15) is 0 Å². The second-order valence-electron chi connectivity index (χ2n) is 3.67. The summed E-state index contributed by atoms with van der Waals surface area (Å²) in [6.45, 7) is 6.63. The number of aliphatic hydroxyl groups excluding tert-OH is 1. The van der Waals surface area contributed by atoms with E-state index in [0.29, 0.717) is 18.4 Å². The molecule has 0 amide bonds. The minimum atomic E-state index is 0.320. The summed E-state index contributed by atoms with van der Waals surface area (Å²) in [6, 6.07) is 0. The van der Waals surface area contributed by atoms with Crippen molar-refractivity contribution in [2.75, 3.05) is 19.7 Å². The Morgan fingerprint density at radius 3 is 2.92 bits per heavy atom. The van der Waals surface area contributed by atoms with Gasteiger partial charge in [0.25, 0.3) is 0 Å². The second-order valence-corrected chi connectivity index (χ2v) is 3.67. The summed E-state index contributed by atoms with van der Waals surface area (Å²) in [6.07, 6.45) is 3.31. The SMILES string of the molecule is CC=C(C)[C@@H]1CNC[C@H](CO)C1. The molecule has 1 fully saturated rings. The van der Waals surface area contributed by atoms with Crippen LogP contribution < -0.4 is 5.32 Å². The molecule has 0 saturated carbocycles. The van der Waals surface area contributed by atoms with Gasteiger partial charge in [0.2, 0.25) is 0 Å². The minimum absolute atomic E-state index is 0.320. The first-order valence-corrected chi connectivity index (χ1v) is 4.72. The highest BCUT2D eigenvalue weighted by molar-refractivity contribution is 5.04. The van der Waals surface area contributed by atoms with Crippen LogP contribution in [0.15, 0.2) is 11.6 Å². The van der Waals surface area contributed by atoms with Gasteiger partial charge in [-0.15, -0.1) is 0 Å². The maximum Gasteiger partial charge on any atom is 0.0471 e. The molecular formula is C10H19NO. The number of allylic oxidation sites excluding steroid dienone is 1. The summed E-state index contributed by atoms with van der Waals surface area (Å²) in [5, 5.41) is 12.4. The normalized spacial score (nSPS) is 32.1. The zero-order chi connectivity index (χ0) is 8.97. The molecular weight excluding hydrogens is 150 g/mol. The highest BCUT2D eigenvalue weighted by atomic mass is 16.3. The molecule has 2 atom stereocenters. The molecule has 1 rings (SSSR count). The Morgan fingerprint density at radius 1 is 1.58 bits per heavy atom. The Hall–Kier alpha value is -0.340. The zero-order valence-corrected chi connectivity index (χ0v) is 8.01. The van der Waals surface area contributed by atoms with Crippen LogP contribution in [0.4, 0.5) is 0 Å². The molecule has 0 aromatic carbocycles. The van der Waals surface area contributed by atoms with Crippen LogP contribution >= 0.6 is 0 Å². The van der Waals surface area contributed by atoms with Gasteiger partial charge in [0.1, 0.15) is 0 Å². The lowest BCUT2D eigenvalue weighted by atomic mass is 9.86. The van der Waals surface area contributed by atoms with E-state index in [2.05, 4.69) is 25.2 Å². The molecule has 0 spiro atoms. The Bertz CT molecular complexity index is 165. The summed E-state index contributed by atoms with van der Waals surface area (Å²) in [5.41, 5.74) is 1.45. The molecule has 1 saturated heterocycles. The molecule has 0 aromatic heterocycles. The second kappa shape index (κ2) is 4.63. The number of hydrogen-bond donors (Lipinski definition) is 2. The maximum atomic E-state index is 9.00. The third kappa shape index (κ3) is 2.32. The fourth-order valence-electron chi connectivity index (χ4n) is 1.75. The summed E-state index contributed by atoms with van der Waals surface area (Å²) >= 11 is 0. The number of hydrogen-bond acceptors (Lipinski definition) is 2. The lowest BCUT2D eigenvalue weighted by molar-refractivity contribution is 0.181. The molecule has 2 nitrogen and oxygen atoms in total. The van der Waals surface area contributed by atoms with Crippen LogP contribution in [-0.2, 0) is 0 Å². The van der Waals surface area contributed by atoms with Crippen molar-refractivity contribution in [3.05, 3.63) is 11.6 Å². The summed E-state index contributed by atoms with van der Waals surface area (Å²) in [7, 11) is 0. The predicted octanol–water partition coefficient (Wildman–Crippen LogP) is 1.17. The lowest BCUT2D eigenvalue weighted by Crippen LogP contribution is -2.38. The Labute approximate surface area is 74.7 Å². The average molecular weight is 169 g/mol. The third-order valence-electron chi connectivity index (χ3n) is 2.80. The van der Waals surface area contributed by atoms with E-state index in [-0.39, 0.29) is 0 Å². The van der Waals surface area contributed by atoms with Crippen molar-refractivity contribution in [2.45, 2.75) is 20.3 Å². The van der Waals surface area contributed by atoms with Crippen LogP contribution in [0.2, 0.25) is 0 Å². The molecule has 1 aliphatic heterocycles. The molecule has 1 heterocycles. The number of piperidine rings is 1. The average Bonchev–Trinajstić information content (AvgIpc) is 2.17. The van der Waals surface area contributed by atoms with E-state index in [1.165, 1.54) is 5.57 Å². The standard InChI is InChI=1S/C10H19NO/c1-3-8(2)10-4-9(7-12)5-11-6-10/h3,9-12H,4-7H2,1-2H3/t9-,10+/m1/s1. The van der Waals surface area contributed by atoms with Crippen LogP contribution in [0.25, 0.3) is 0 Å². The first-order valence-electron chi connectivity index (χ1n) is 4.72. The van der Waals surface area contributed by atoms with Crippen LogP contribution in [0.3, 0.4) is 0 Å². The van der Waals surface area contributed by atoms with E-state index in [4.69, 9.17) is 5.11 Å². The fourth-order valence-corrected chi connectivity index (χ4v) is 1.75. The van der Waals surface area contributed by atoms with Crippen LogP contribution in [0.5, 0.6) is 0 Å². The van der Waals surface area contributed by atoms with Gasteiger partial charge >= 0.3 is 0 Å². The molecule has 0 aromatic rings. The highest BCUT2D eigenvalue weighted by Gasteiger charge is 2.21. The number of rotatable bonds is 2. The third-order valence-corrected chi connectivity index (χ3v) is 2.80. The fraction of sp³-hybridized carbons (Fsp3) is 0.800. The van der Waals surface area contributed by atoms with Gasteiger partial charge in [0.05, 0.1) is 0 Å². The number of nitrogens with one attached hydrogen (secondary N) is 1. The molecule has 0 aliphatic carbocycles. The summed E-state index contributed by atoms with van der Waals surface area (Å²) in [5.74, 6) is 1.10. The summed E-state index contributed by atoms with van der Waals surface area (Å²) in [4.78, 5) is 0. The lowest BCUT2D eigenvalue weighted by Gasteiger charge is -2.29. The van der Waals surface area contributed by atoms with E-state index < -0.39 is 0 Å². The van der Waals surface area contributed by atoms with E-state index >= 15 is 0 Å². The van der Waals surface area contributed by atoms with Gasteiger partial charge in [-0.3, -0.25) is 0 Å². The zero-order valence-electron chi connectivity index (χ0n) is 8.01. The molecule has 0 unspecified atom stereocenters. The molecule has 70 valence electrons. The van der Waals surface area contributed by atoms with Crippen LogP contribution in [0, 0.1) is 11.8 Å². The quantitative estimate of drug-likeness (QED) is 0.608. The van der Waals surface area contributed by atoms with Crippen molar-refractivity contribution in [2.24, 2.45) is 11.8 Å². The molecule has 2 N–H and O–H groups in total. The van der Waals surface area contributed by atoms with Gasteiger partial charge in [0.15, 0.2) is 0 Å². The van der Waals surface area contributed by atoms with Crippen molar-refractivity contribution in [3.8, 4) is 0 Å². The van der Waals surface area contributed by atoms with Gasteiger partial charge in [0, 0.05) is 19.7 Å². The highest BCUT2D eigenvalue weighted by Crippen LogP contribution is 2.22. The number of aliphatic hydroxyl groups is 1. The van der Waals surface area contributed by atoms with Crippen LogP contribution in [-0.4, -0.2) is 24.8 Å². The molecule has 12 heavy (non-hydrogen) atoms. The van der Waals surface area contributed by atoms with E-state index in [1.54, 1.807) is 0 Å². The summed E-state index contributed by atoms with van der Waals surface area (Å²) < 4.78 is 0. The monoisotopic (exact) mass is 169 g/mol. The van der Waals surface area contributed by atoms with Gasteiger partial charge in [-0.25, -0.2) is 0 Å². The molecule has 0 bridgehead atoms. The first kappa shape index (κ1) is 9.75. The molecule has 2 heteroatoms. The molecule has 1 aliphatic rings.